The molecule has 0 bridgehead atoms. The molecule has 0 saturated heterocycles. The number of rotatable bonds is 6. The number of nitrogens with one attached hydrogen (secondary N) is 2. The molecule has 0 fully saturated rings. The van der Waals surface area contributed by atoms with Crippen LogP contribution in [-0.2, 0) is 4.79 Å². The Morgan fingerprint density at radius 2 is 1.92 bits per heavy atom. The van der Waals surface area contributed by atoms with E-state index in [9.17, 15) is 13.6 Å². The molecule has 0 aromatic heterocycles. The highest BCUT2D eigenvalue weighted by molar-refractivity contribution is 9.10. The van der Waals surface area contributed by atoms with Crippen LogP contribution in [0, 0.1) is 11.6 Å². The highest BCUT2D eigenvalue weighted by Crippen LogP contribution is 2.26. The maximum Gasteiger partial charge on any atom is 0.238 e. The Morgan fingerprint density at radius 3 is 2.50 bits per heavy atom. The van der Waals surface area contributed by atoms with E-state index < -0.39 is 17.5 Å². The van der Waals surface area contributed by atoms with Gasteiger partial charge in [-0.15, -0.1) is 0 Å². The minimum absolute atomic E-state index is 0.00953. The van der Waals surface area contributed by atoms with Gasteiger partial charge < -0.3 is 10.6 Å². The average Bonchev–Trinajstić information content (AvgIpc) is 2.53. The van der Waals surface area contributed by atoms with Crippen LogP contribution in [0.25, 0.3) is 0 Å². The van der Waals surface area contributed by atoms with Crippen molar-refractivity contribution in [1.29, 1.82) is 0 Å². The number of carbonyl (C=O) groups excluding carboxylic acids is 1. The zero-order valence-corrected chi connectivity index (χ0v) is 15.2. The molecule has 0 radical (unpaired) electrons. The summed E-state index contributed by atoms with van der Waals surface area (Å²) < 4.78 is 26.9. The van der Waals surface area contributed by atoms with Crippen molar-refractivity contribution in [3.8, 4) is 0 Å². The van der Waals surface area contributed by atoms with E-state index in [1.807, 2.05) is 19.1 Å². The van der Waals surface area contributed by atoms with Crippen molar-refractivity contribution in [2.45, 2.75) is 19.4 Å². The van der Waals surface area contributed by atoms with Crippen LogP contribution in [0.3, 0.4) is 0 Å². The highest BCUT2D eigenvalue weighted by Gasteiger charge is 2.15. The van der Waals surface area contributed by atoms with Gasteiger partial charge in [0.15, 0.2) is 5.82 Å². The molecule has 7 heteroatoms. The van der Waals surface area contributed by atoms with E-state index in [2.05, 4.69) is 26.6 Å². The Balaban J connectivity index is 1.98. The molecule has 2 aromatic carbocycles. The molecule has 2 aromatic rings. The Kier molecular flexibility index (Phi) is 6.71. The zero-order valence-electron chi connectivity index (χ0n) is 12.9. The Hall–Kier alpha value is -1.50. The van der Waals surface area contributed by atoms with Gasteiger partial charge >= 0.3 is 0 Å². The standard InChI is InChI=1S/C17H16BrClF2N2O/c1-2-15(10-3-5-11(19)6-4-10)22-9-16(24)23-17-13(18)7-12(20)8-14(17)21/h3-8,15,22H,2,9H2,1H3,(H,23,24). The zero-order chi connectivity index (χ0) is 17.7. The molecule has 0 heterocycles. The minimum atomic E-state index is -0.833. The monoisotopic (exact) mass is 416 g/mol. The molecule has 0 aliphatic rings. The number of halogens is 4. The van der Waals surface area contributed by atoms with Crippen LogP contribution < -0.4 is 10.6 Å². The molecule has 2 N–H and O–H groups in total. The highest BCUT2D eigenvalue weighted by atomic mass is 79.9. The molecular formula is C17H16BrClF2N2O. The van der Waals surface area contributed by atoms with Gasteiger partial charge in [0.2, 0.25) is 5.91 Å². The predicted molar refractivity (Wildman–Crippen MR) is 95.2 cm³/mol. The number of anilines is 1. The van der Waals surface area contributed by atoms with Gasteiger partial charge in [0.05, 0.1) is 12.2 Å². The lowest BCUT2D eigenvalue weighted by molar-refractivity contribution is -0.115. The number of benzene rings is 2. The molecule has 0 aliphatic heterocycles. The third kappa shape index (κ3) is 5.00. The molecule has 128 valence electrons. The Morgan fingerprint density at radius 1 is 1.25 bits per heavy atom. The summed E-state index contributed by atoms with van der Waals surface area (Å²) in [7, 11) is 0. The smallest absolute Gasteiger partial charge is 0.238 e. The van der Waals surface area contributed by atoms with E-state index in [4.69, 9.17) is 11.6 Å². The fraction of sp³-hybridized carbons (Fsp3) is 0.235. The van der Waals surface area contributed by atoms with Gasteiger partial charge in [-0.05, 0) is 46.1 Å². The van der Waals surface area contributed by atoms with E-state index in [1.54, 1.807) is 12.1 Å². The first kappa shape index (κ1) is 18.8. The molecule has 1 amide bonds. The second-order valence-corrected chi connectivity index (χ2v) is 6.48. The third-order valence-corrected chi connectivity index (χ3v) is 4.34. The van der Waals surface area contributed by atoms with Crippen LogP contribution >= 0.6 is 27.5 Å². The summed E-state index contributed by atoms with van der Waals surface area (Å²) in [6, 6.07) is 9.12. The van der Waals surface area contributed by atoms with Crippen molar-refractivity contribution in [2.75, 3.05) is 11.9 Å². The third-order valence-electron chi connectivity index (χ3n) is 3.46. The van der Waals surface area contributed by atoms with Crippen LogP contribution in [0.5, 0.6) is 0 Å². The van der Waals surface area contributed by atoms with Crippen molar-refractivity contribution in [3.05, 3.63) is 63.1 Å². The van der Waals surface area contributed by atoms with E-state index in [-0.39, 0.29) is 22.7 Å². The molecule has 1 unspecified atom stereocenters. The topological polar surface area (TPSA) is 41.1 Å². The summed E-state index contributed by atoms with van der Waals surface area (Å²) in [5.74, 6) is -1.97. The van der Waals surface area contributed by atoms with Crippen molar-refractivity contribution in [1.82, 2.24) is 5.32 Å². The van der Waals surface area contributed by atoms with Crippen LogP contribution in [0.1, 0.15) is 24.9 Å². The second kappa shape index (κ2) is 8.55. The summed E-state index contributed by atoms with van der Waals surface area (Å²) in [5, 5.41) is 6.18. The van der Waals surface area contributed by atoms with Crippen LogP contribution in [0.2, 0.25) is 5.02 Å². The normalized spacial score (nSPS) is 12.0. The maximum absolute atomic E-state index is 13.7. The lowest BCUT2D eigenvalue weighted by atomic mass is 10.0. The maximum atomic E-state index is 13.7. The average molecular weight is 418 g/mol. The molecule has 0 spiro atoms. The van der Waals surface area contributed by atoms with Gasteiger partial charge in [0.25, 0.3) is 0 Å². The minimum Gasteiger partial charge on any atom is -0.322 e. The van der Waals surface area contributed by atoms with Crippen molar-refractivity contribution < 1.29 is 13.6 Å². The summed E-state index contributed by atoms with van der Waals surface area (Å²) in [6.07, 6.45) is 0.767. The summed E-state index contributed by atoms with van der Waals surface area (Å²) in [6.45, 7) is 1.98. The van der Waals surface area contributed by atoms with Gasteiger partial charge in [-0.1, -0.05) is 30.7 Å². The van der Waals surface area contributed by atoms with Crippen LogP contribution in [-0.4, -0.2) is 12.5 Å². The van der Waals surface area contributed by atoms with Crippen LogP contribution in [0.15, 0.2) is 40.9 Å². The molecular weight excluding hydrogens is 402 g/mol. The molecule has 1 atom stereocenters. The summed E-state index contributed by atoms with van der Waals surface area (Å²) >= 11 is 8.90. The molecule has 0 saturated carbocycles. The fourth-order valence-corrected chi connectivity index (χ4v) is 2.89. The number of hydrogen-bond donors (Lipinski definition) is 2. The van der Waals surface area contributed by atoms with E-state index in [0.717, 1.165) is 24.1 Å². The van der Waals surface area contributed by atoms with Gasteiger partial charge in [0.1, 0.15) is 5.82 Å². The van der Waals surface area contributed by atoms with Crippen molar-refractivity contribution >= 4 is 39.1 Å². The first-order chi connectivity index (χ1) is 11.4. The van der Waals surface area contributed by atoms with Gasteiger partial charge in [0, 0.05) is 21.6 Å². The van der Waals surface area contributed by atoms with Crippen molar-refractivity contribution in [2.24, 2.45) is 0 Å². The van der Waals surface area contributed by atoms with Gasteiger partial charge in [-0.25, -0.2) is 8.78 Å². The van der Waals surface area contributed by atoms with Gasteiger partial charge in [-0.2, -0.15) is 0 Å². The fourth-order valence-electron chi connectivity index (χ4n) is 2.25. The number of hydrogen-bond acceptors (Lipinski definition) is 2. The summed E-state index contributed by atoms with van der Waals surface area (Å²) in [4.78, 5) is 12.0. The van der Waals surface area contributed by atoms with Crippen molar-refractivity contribution in [3.63, 3.8) is 0 Å². The largest absolute Gasteiger partial charge is 0.322 e. The Labute approximate surface area is 152 Å². The lowest BCUT2D eigenvalue weighted by Crippen LogP contribution is -2.31. The number of carbonyl (C=O) groups is 1. The first-order valence-corrected chi connectivity index (χ1v) is 8.51. The predicted octanol–water partition coefficient (Wildman–Crippen LogP) is 5.06. The molecule has 24 heavy (non-hydrogen) atoms. The Bertz CT molecular complexity index is 702. The molecule has 3 nitrogen and oxygen atoms in total. The first-order valence-electron chi connectivity index (χ1n) is 7.34. The quantitative estimate of drug-likeness (QED) is 0.690. The molecule has 0 aliphatic carbocycles. The SMILES string of the molecule is CCC(NCC(=O)Nc1c(F)cc(F)cc1Br)c1ccc(Cl)cc1. The van der Waals surface area contributed by atoms with E-state index in [1.165, 1.54) is 0 Å². The number of amides is 1. The lowest BCUT2D eigenvalue weighted by Gasteiger charge is -2.17. The van der Waals surface area contributed by atoms with Gasteiger partial charge in [-0.3, -0.25) is 4.79 Å². The van der Waals surface area contributed by atoms with E-state index in [0.29, 0.717) is 5.02 Å². The van der Waals surface area contributed by atoms with E-state index >= 15 is 0 Å². The second-order valence-electron chi connectivity index (χ2n) is 5.19. The van der Waals surface area contributed by atoms with Crippen LogP contribution in [0.4, 0.5) is 14.5 Å². The molecule has 2 rings (SSSR count). The summed E-state index contributed by atoms with van der Waals surface area (Å²) in [5.41, 5.74) is 0.923.